The molecular formula is C28H18Cl2FNO3. The maximum atomic E-state index is 13.7. The van der Waals surface area contributed by atoms with Crippen LogP contribution in [0.15, 0.2) is 60.7 Å². The Hall–Kier alpha value is -3.51. The van der Waals surface area contributed by atoms with Gasteiger partial charge in [0.25, 0.3) is 0 Å². The van der Waals surface area contributed by atoms with Crippen molar-refractivity contribution in [3.63, 3.8) is 0 Å². The number of carbonyl (C=O) groups is 1. The summed E-state index contributed by atoms with van der Waals surface area (Å²) >= 11 is 12.3. The largest absolute Gasteiger partial charge is 0.480 e. The minimum absolute atomic E-state index is 0.0257. The molecule has 0 saturated heterocycles. The fourth-order valence-electron chi connectivity index (χ4n) is 4.12. The summed E-state index contributed by atoms with van der Waals surface area (Å²) < 4.78 is 19.5. The van der Waals surface area contributed by atoms with Crippen molar-refractivity contribution >= 4 is 64.4 Å². The lowest BCUT2D eigenvalue weighted by molar-refractivity contribution is -0.143. The molecule has 0 radical (unpaired) electrons. The molecule has 4 nitrogen and oxygen atoms in total. The van der Waals surface area contributed by atoms with Crippen LogP contribution in [0.2, 0.25) is 10.0 Å². The molecule has 1 N–H and O–H groups in total. The van der Waals surface area contributed by atoms with Gasteiger partial charge in [-0.25, -0.2) is 14.2 Å². The van der Waals surface area contributed by atoms with E-state index in [2.05, 4.69) is 4.98 Å². The molecule has 0 aliphatic heterocycles. The fourth-order valence-corrected chi connectivity index (χ4v) is 4.52. The third-order valence-electron chi connectivity index (χ3n) is 5.76. The molecule has 0 fully saturated rings. The van der Waals surface area contributed by atoms with E-state index in [1.807, 2.05) is 54.6 Å². The van der Waals surface area contributed by atoms with Crippen LogP contribution in [0.4, 0.5) is 4.39 Å². The number of halogens is 3. The second-order valence-electron chi connectivity index (χ2n) is 8.08. The van der Waals surface area contributed by atoms with E-state index in [0.717, 1.165) is 27.8 Å². The fraction of sp³-hybridized carbons (Fsp3) is 0.0714. The van der Waals surface area contributed by atoms with Gasteiger partial charge >= 0.3 is 5.97 Å². The number of rotatable bonds is 5. The van der Waals surface area contributed by atoms with Crippen molar-refractivity contribution in [2.24, 2.45) is 0 Å². The first-order valence-corrected chi connectivity index (χ1v) is 11.5. The van der Waals surface area contributed by atoms with Crippen molar-refractivity contribution in [2.45, 2.75) is 6.10 Å². The summed E-state index contributed by atoms with van der Waals surface area (Å²) in [5.74, 6) is -1.53. The standard InChI is InChI=1S/C28H18Cl2FNO3/c29-23-3-1-2-21-20(23)11-8-17-6-4-16(12-22(17)28(21)35-15-27(33)34)5-9-19-10-7-18-13-25(31)24(30)14-26(18)32-19/h1-14,28H,15H2,(H,33,34). The Labute approximate surface area is 210 Å². The lowest BCUT2D eigenvalue weighted by Crippen LogP contribution is -2.14. The van der Waals surface area contributed by atoms with E-state index in [1.165, 1.54) is 12.1 Å². The van der Waals surface area contributed by atoms with Gasteiger partial charge in [0.1, 0.15) is 18.5 Å². The van der Waals surface area contributed by atoms with Gasteiger partial charge in [0, 0.05) is 10.4 Å². The van der Waals surface area contributed by atoms with Crippen LogP contribution in [-0.2, 0) is 9.53 Å². The highest BCUT2D eigenvalue weighted by Crippen LogP contribution is 2.38. The van der Waals surface area contributed by atoms with E-state index >= 15 is 0 Å². The molecule has 5 rings (SSSR count). The molecule has 1 unspecified atom stereocenters. The first kappa shape index (κ1) is 23.2. The van der Waals surface area contributed by atoms with E-state index in [-0.39, 0.29) is 5.02 Å². The number of benzene rings is 3. The van der Waals surface area contributed by atoms with Crippen LogP contribution in [-0.4, -0.2) is 22.7 Å². The number of aliphatic carboxylic acids is 1. The summed E-state index contributed by atoms with van der Waals surface area (Å²) in [6.07, 6.45) is 7.02. The quantitative estimate of drug-likeness (QED) is 0.304. The molecule has 1 atom stereocenters. The second-order valence-corrected chi connectivity index (χ2v) is 8.89. The lowest BCUT2D eigenvalue weighted by atomic mass is 9.94. The molecule has 174 valence electrons. The van der Waals surface area contributed by atoms with Crippen molar-refractivity contribution in [3.8, 4) is 0 Å². The van der Waals surface area contributed by atoms with E-state index in [4.69, 9.17) is 27.9 Å². The average Bonchev–Trinajstić information content (AvgIpc) is 2.99. The summed E-state index contributed by atoms with van der Waals surface area (Å²) in [6.45, 7) is -0.444. The number of fused-ring (bicyclic) bond motifs is 3. The molecule has 4 aromatic rings. The predicted octanol–water partition coefficient (Wildman–Crippen LogP) is 7.53. The molecule has 3 aromatic carbocycles. The van der Waals surface area contributed by atoms with Crippen LogP contribution >= 0.6 is 23.2 Å². The molecular weight excluding hydrogens is 488 g/mol. The van der Waals surface area contributed by atoms with Gasteiger partial charge in [-0.05, 0) is 64.2 Å². The van der Waals surface area contributed by atoms with Gasteiger partial charge in [-0.1, -0.05) is 71.8 Å². The minimum atomic E-state index is -1.05. The van der Waals surface area contributed by atoms with Crippen LogP contribution in [0.3, 0.4) is 0 Å². The van der Waals surface area contributed by atoms with E-state index in [9.17, 15) is 14.3 Å². The van der Waals surface area contributed by atoms with Gasteiger partial charge in [-0.15, -0.1) is 0 Å². The Kier molecular flexibility index (Phi) is 6.39. The Morgan fingerprint density at radius 1 is 1.00 bits per heavy atom. The number of nitrogens with zero attached hydrogens (tertiary/aromatic N) is 1. The van der Waals surface area contributed by atoms with Crippen LogP contribution in [0, 0.1) is 5.82 Å². The molecule has 7 heteroatoms. The SMILES string of the molecule is O=C(O)COC1c2cc(C=Cc3ccc4cc(F)c(Cl)cc4n3)ccc2C=Cc2c(Cl)cccc21. The highest BCUT2D eigenvalue weighted by molar-refractivity contribution is 6.32. The van der Waals surface area contributed by atoms with Gasteiger partial charge < -0.3 is 9.84 Å². The Balaban J connectivity index is 1.52. The first-order chi connectivity index (χ1) is 16.9. The van der Waals surface area contributed by atoms with E-state index in [0.29, 0.717) is 21.6 Å². The molecule has 1 aliphatic carbocycles. The lowest BCUT2D eigenvalue weighted by Gasteiger charge is -2.21. The number of aromatic nitrogens is 1. The molecule has 1 aliphatic rings. The highest BCUT2D eigenvalue weighted by Gasteiger charge is 2.24. The van der Waals surface area contributed by atoms with Gasteiger partial charge in [0.05, 0.1) is 16.2 Å². The highest BCUT2D eigenvalue weighted by atomic mass is 35.5. The van der Waals surface area contributed by atoms with Gasteiger partial charge in [-0.3, -0.25) is 0 Å². The van der Waals surface area contributed by atoms with Gasteiger partial charge in [0.15, 0.2) is 0 Å². The summed E-state index contributed by atoms with van der Waals surface area (Å²) in [7, 11) is 0. The van der Waals surface area contributed by atoms with E-state index in [1.54, 1.807) is 18.2 Å². The molecule has 0 bridgehead atoms. The molecule has 0 amide bonds. The second kappa shape index (κ2) is 9.62. The molecule has 1 heterocycles. The molecule has 0 saturated carbocycles. The van der Waals surface area contributed by atoms with Crippen molar-refractivity contribution in [1.82, 2.24) is 4.98 Å². The number of carboxylic acid groups (broad SMARTS) is 1. The maximum absolute atomic E-state index is 13.7. The number of hydrogen-bond donors (Lipinski definition) is 1. The molecule has 1 aromatic heterocycles. The summed E-state index contributed by atoms with van der Waals surface area (Å²) in [5, 5.41) is 10.5. The average molecular weight is 506 g/mol. The monoisotopic (exact) mass is 505 g/mol. The zero-order valence-electron chi connectivity index (χ0n) is 18.2. The summed E-state index contributed by atoms with van der Waals surface area (Å²) in [4.78, 5) is 15.8. The minimum Gasteiger partial charge on any atom is -0.480 e. The van der Waals surface area contributed by atoms with Gasteiger partial charge in [0.2, 0.25) is 0 Å². The van der Waals surface area contributed by atoms with Crippen molar-refractivity contribution in [2.75, 3.05) is 6.61 Å². The van der Waals surface area contributed by atoms with Crippen molar-refractivity contribution in [1.29, 1.82) is 0 Å². The zero-order valence-corrected chi connectivity index (χ0v) is 19.7. The van der Waals surface area contributed by atoms with Gasteiger partial charge in [-0.2, -0.15) is 0 Å². The van der Waals surface area contributed by atoms with Crippen molar-refractivity contribution in [3.05, 3.63) is 110 Å². The van der Waals surface area contributed by atoms with Crippen LogP contribution < -0.4 is 0 Å². The number of ether oxygens (including phenoxy) is 1. The first-order valence-electron chi connectivity index (χ1n) is 10.8. The maximum Gasteiger partial charge on any atom is 0.329 e. The van der Waals surface area contributed by atoms with Crippen LogP contribution in [0.25, 0.3) is 35.2 Å². The third-order valence-corrected chi connectivity index (χ3v) is 6.38. The predicted molar refractivity (Wildman–Crippen MR) is 138 cm³/mol. The number of hydrogen-bond acceptors (Lipinski definition) is 3. The third kappa shape index (κ3) is 4.84. The van der Waals surface area contributed by atoms with Crippen molar-refractivity contribution < 1.29 is 19.0 Å². The number of carboxylic acids is 1. The Bertz CT molecular complexity index is 1530. The normalized spacial score (nSPS) is 14.7. The summed E-state index contributed by atoms with van der Waals surface area (Å²) in [5.41, 5.74) is 5.51. The zero-order chi connectivity index (χ0) is 24.5. The Morgan fingerprint density at radius 3 is 2.69 bits per heavy atom. The van der Waals surface area contributed by atoms with Crippen LogP contribution in [0.5, 0.6) is 0 Å². The van der Waals surface area contributed by atoms with E-state index < -0.39 is 24.5 Å². The number of pyridine rings is 1. The van der Waals surface area contributed by atoms with Crippen LogP contribution in [0.1, 0.15) is 39.6 Å². The smallest absolute Gasteiger partial charge is 0.329 e. The molecule has 35 heavy (non-hydrogen) atoms. The topological polar surface area (TPSA) is 59.4 Å². The Morgan fingerprint density at radius 2 is 1.86 bits per heavy atom. The summed E-state index contributed by atoms with van der Waals surface area (Å²) in [6, 6.07) is 17.8. The molecule has 0 spiro atoms.